The topological polar surface area (TPSA) is 81.7 Å². The van der Waals surface area contributed by atoms with Gasteiger partial charge in [-0.3, -0.25) is 4.79 Å². The number of carbonyl (C=O) groups is 1. The van der Waals surface area contributed by atoms with Crippen molar-refractivity contribution in [3.63, 3.8) is 0 Å². The third kappa shape index (κ3) is 4.34. The lowest BCUT2D eigenvalue weighted by Crippen LogP contribution is -2.45. The first-order valence-electron chi connectivity index (χ1n) is 6.27. The quantitative estimate of drug-likeness (QED) is 0.724. The summed E-state index contributed by atoms with van der Waals surface area (Å²) in [6, 6.07) is 1.75. The first kappa shape index (κ1) is 19.2. The highest BCUT2D eigenvalue weighted by Gasteiger charge is 2.31. The lowest BCUT2D eigenvalue weighted by molar-refractivity contribution is -0.143. The number of hydrogen-bond donors (Lipinski definition) is 1. The molecule has 0 aliphatic rings. The summed E-state index contributed by atoms with van der Waals surface area (Å²) >= 11 is 9.10. The van der Waals surface area contributed by atoms with E-state index < -0.39 is 22.0 Å². The van der Waals surface area contributed by atoms with Crippen molar-refractivity contribution in [3.8, 4) is 5.75 Å². The number of ether oxygens (including phenoxy) is 2. The standard InChI is InChI=1S/C13H17BrClNO5S/c1-7(2)11(13(17)21-4)16-22(18,19)10-6-8(15)5-9(14)12(10)20-3/h5-7,11,16H,1-4H3/t11-/m0/s1. The van der Waals surface area contributed by atoms with Crippen LogP contribution in [0, 0.1) is 5.92 Å². The van der Waals surface area contributed by atoms with Gasteiger partial charge in [-0.1, -0.05) is 25.4 Å². The van der Waals surface area contributed by atoms with Crippen LogP contribution in [-0.4, -0.2) is 34.6 Å². The van der Waals surface area contributed by atoms with Crippen LogP contribution >= 0.6 is 27.5 Å². The van der Waals surface area contributed by atoms with Crippen LogP contribution in [0.25, 0.3) is 0 Å². The molecule has 0 spiro atoms. The summed E-state index contributed by atoms with van der Waals surface area (Å²) in [7, 11) is -1.50. The molecular weight excluding hydrogens is 398 g/mol. The van der Waals surface area contributed by atoms with Gasteiger partial charge < -0.3 is 9.47 Å². The van der Waals surface area contributed by atoms with Crippen molar-refractivity contribution in [2.24, 2.45) is 5.92 Å². The Kier molecular flexibility index (Phi) is 6.66. The van der Waals surface area contributed by atoms with E-state index in [1.807, 2.05) is 0 Å². The molecule has 22 heavy (non-hydrogen) atoms. The largest absolute Gasteiger partial charge is 0.494 e. The van der Waals surface area contributed by atoms with Crippen molar-refractivity contribution in [2.45, 2.75) is 24.8 Å². The molecule has 1 atom stereocenters. The Balaban J connectivity index is 3.33. The van der Waals surface area contributed by atoms with Crippen LogP contribution in [-0.2, 0) is 19.6 Å². The Morgan fingerprint density at radius 2 is 1.91 bits per heavy atom. The molecule has 6 nitrogen and oxygen atoms in total. The Bertz CT molecular complexity index is 663. The molecule has 0 aliphatic heterocycles. The van der Waals surface area contributed by atoms with Gasteiger partial charge in [0.15, 0.2) is 5.75 Å². The number of esters is 1. The van der Waals surface area contributed by atoms with Crippen molar-refractivity contribution >= 4 is 43.5 Å². The Morgan fingerprint density at radius 3 is 2.36 bits per heavy atom. The zero-order valence-electron chi connectivity index (χ0n) is 12.5. The second-order valence-electron chi connectivity index (χ2n) is 4.79. The Labute approximate surface area is 143 Å². The monoisotopic (exact) mass is 413 g/mol. The predicted molar refractivity (Wildman–Crippen MR) is 86.7 cm³/mol. The van der Waals surface area contributed by atoms with Crippen molar-refractivity contribution in [2.75, 3.05) is 14.2 Å². The highest BCUT2D eigenvalue weighted by molar-refractivity contribution is 9.10. The zero-order valence-corrected chi connectivity index (χ0v) is 15.7. The highest BCUT2D eigenvalue weighted by atomic mass is 79.9. The Hall–Kier alpha value is -0.830. The number of benzene rings is 1. The number of methoxy groups -OCH3 is 2. The summed E-state index contributed by atoms with van der Waals surface area (Å²) in [5.41, 5.74) is 0. The summed E-state index contributed by atoms with van der Waals surface area (Å²) in [5, 5.41) is 0.215. The molecule has 0 bridgehead atoms. The van der Waals surface area contributed by atoms with Gasteiger partial charge in [-0.2, -0.15) is 4.72 Å². The summed E-state index contributed by atoms with van der Waals surface area (Å²) in [6.07, 6.45) is 0. The van der Waals surface area contributed by atoms with Gasteiger partial charge in [-0.25, -0.2) is 8.42 Å². The van der Waals surface area contributed by atoms with Crippen LogP contribution in [0.5, 0.6) is 5.75 Å². The number of halogens is 2. The molecule has 0 aromatic heterocycles. The second kappa shape index (κ2) is 7.63. The van der Waals surface area contributed by atoms with E-state index in [2.05, 4.69) is 25.4 Å². The van der Waals surface area contributed by atoms with Crippen molar-refractivity contribution in [3.05, 3.63) is 21.6 Å². The summed E-state index contributed by atoms with van der Waals surface area (Å²) in [6.45, 7) is 3.41. The maximum atomic E-state index is 12.6. The minimum absolute atomic E-state index is 0.101. The maximum Gasteiger partial charge on any atom is 0.324 e. The molecule has 0 saturated heterocycles. The fourth-order valence-corrected chi connectivity index (χ4v) is 4.47. The maximum absolute atomic E-state index is 12.6. The van der Waals surface area contributed by atoms with E-state index in [0.717, 1.165) is 0 Å². The molecule has 124 valence electrons. The van der Waals surface area contributed by atoms with Gasteiger partial charge in [-0.15, -0.1) is 0 Å². The molecule has 0 heterocycles. The predicted octanol–water partition coefficient (Wildman–Crippen LogP) is 2.59. The highest BCUT2D eigenvalue weighted by Crippen LogP contribution is 2.35. The van der Waals surface area contributed by atoms with Gasteiger partial charge >= 0.3 is 5.97 Å². The van der Waals surface area contributed by atoms with Crippen molar-refractivity contribution < 1.29 is 22.7 Å². The van der Waals surface area contributed by atoms with Crippen LogP contribution in [0.2, 0.25) is 5.02 Å². The van der Waals surface area contributed by atoms with E-state index in [4.69, 9.17) is 16.3 Å². The number of carbonyl (C=O) groups excluding carboxylic acids is 1. The van der Waals surface area contributed by atoms with Gasteiger partial charge in [0.2, 0.25) is 10.0 Å². The minimum atomic E-state index is -4.04. The number of nitrogens with one attached hydrogen (secondary N) is 1. The van der Waals surface area contributed by atoms with Gasteiger partial charge in [0.25, 0.3) is 0 Å². The fraction of sp³-hybridized carbons (Fsp3) is 0.462. The Morgan fingerprint density at radius 1 is 1.32 bits per heavy atom. The molecule has 1 N–H and O–H groups in total. The number of rotatable bonds is 6. The zero-order chi connectivity index (χ0) is 17.1. The third-order valence-corrected chi connectivity index (χ3v) is 5.13. The van der Waals surface area contributed by atoms with E-state index >= 15 is 0 Å². The van der Waals surface area contributed by atoms with Gasteiger partial charge in [-0.05, 0) is 34.0 Å². The molecule has 0 fully saturated rings. The van der Waals surface area contributed by atoms with Gasteiger partial charge in [0.1, 0.15) is 10.9 Å². The molecule has 0 saturated carbocycles. The molecule has 0 amide bonds. The van der Waals surface area contributed by atoms with Crippen molar-refractivity contribution in [1.82, 2.24) is 4.72 Å². The molecular formula is C13H17BrClNO5S. The van der Waals surface area contributed by atoms with Crippen molar-refractivity contribution in [1.29, 1.82) is 0 Å². The van der Waals surface area contributed by atoms with E-state index in [-0.39, 0.29) is 21.6 Å². The smallest absolute Gasteiger partial charge is 0.324 e. The molecule has 0 aliphatic carbocycles. The number of hydrogen-bond acceptors (Lipinski definition) is 5. The molecule has 9 heteroatoms. The average Bonchev–Trinajstić information content (AvgIpc) is 2.43. The van der Waals surface area contributed by atoms with E-state index in [0.29, 0.717) is 4.47 Å². The molecule has 0 radical (unpaired) electrons. The van der Waals surface area contributed by atoms with Crippen LogP contribution < -0.4 is 9.46 Å². The third-order valence-electron chi connectivity index (χ3n) is 2.87. The van der Waals surface area contributed by atoms with E-state index in [1.54, 1.807) is 13.8 Å². The van der Waals surface area contributed by atoms with Gasteiger partial charge in [0.05, 0.1) is 18.7 Å². The molecule has 1 aromatic carbocycles. The van der Waals surface area contributed by atoms with E-state index in [9.17, 15) is 13.2 Å². The number of sulfonamides is 1. The first-order valence-corrected chi connectivity index (χ1v) is 8.92. The summed E-state index contributed by atoms with van der Waals surface area (Å²) in [5.74, 6) is -0.862. The second-order valence-corrected chi connectivity index (χ2v) is 7.76. The van der Waals surface area contributed by atoms with Crippen LogP contribution in [0.15, 0.2) is 21.5 Å². The minimum Gasteiger partial charge on any atom is -0.494 e. The molecule has 1 rings (SSSR count). The lowest BCUT2D eigenvalue weighted by Gasteiger charge is -2.21. The molecule has 0 unspecified atom stereocenters. The summed E-state index contributed by atoms with van der Waals surface area (Å²) in [4.78, 5) is 11.6. The van der Waals surface area contributed by atoms with Gasteiger partial charge in [0, 0.05) is 5.02 Å². The summed E-state index contributed by atoms with van der Waals surface area (Å²) < 4.78 is 37.6. The SMILES string of the molecule is COC(=O)[C@@H](NS(=O)(=O)c1cc(Cl)cc(Br)c1OC)C(C)C. The average molecular weight is 415 g/mol. The first-order chi connectivity index (χ1) is 10.1. The van der Waals surface area contributed by atoms with Crippen LogP contribution in [0.3, 0.4) is 0 Å². The van der Waals surface area contributed by atoms with Crippen LogP contribution in [0.1, 0.15) is 13.8 Å². The fourth-order valence-electron chi connectivity index (χ4n) is 1.75. The normalized spacial score (nSPS) is 13.0. The van der Waals surface area contributed by atoms with E-state index in [1.165, 1.54) is 26.4 Å². The molecule has 1 aromatic rings. The lowest BCUT2D eigenvalue weighted by atomic mass is 10.1. The van der Waals surface area contributed by atoms with Crippen LogP contribution in [0.4, 0.5) is 0 Å².